The maximum Gasteiger partial charge on any atom is 0.257 e. The number of rotatable bonds is 4. The van der Waals surface area contributed by atoms with Crippen LogP contribution >= 0.6 is 0 Å². The molecule has 16 heavy (non-hydrogen) atoms. The molecule has 0 aliphatic heterocycles. The molecule has 1 fully saturated rings. The van der Waals surface area contributed by atoms with Crippen LogP contribution in [0.2, 0.25) is 0 Å². The lowest BCUT2D eigenvalue weighted by atomic mass is 9.90. The van der Waals surface area contributed by atoms with Gasteiger partial charge in [-0.15, -0.1) is 0 Å². The second kappa shape index (κ2) is 4.37. The zero-order valence-corrected chi connectivity index (χ0v) is 9.89. The quantitative estimate of drug-likeness (QED) is 0.833. The molecule has 4 heteroatoms. The van der Waals surface area contributed by atoms with Crippen molar-refractivity contribution in [2.75, 3.05) is 6.54 Å². The van der Waals surface area contributed by atoms with Gasteiger partial charge in [0.15, 0.2) is 0 Å². The first kappa shape index (κ1) is 11.3. The monoisotopic (exact) mass is 221 g/mol. The van der Waals surface area contributed by atoms with Crippen molar-refractivity contribution < 1.29 is 0 Å². The number of nitrogens with zero attached hydrogens (tertiary/aromatic N) is 2. The van der Waals surface area contributed by atoms with E-state index >= 15 is 0 Å². The summed E-state index contributed by atoms with van der Waals surface area (Å²) in [6, 6.07) is 0.380. The third kappa shape index (κ3) is 2.02. The van der Waals surface area contributed by atoms with Gasteiger partial charge in [0.1, 0.15) is 0 Å². The molecule has 2 rings (SSSR count). The molecule has 1 aliphatic rings. The van der Waals surface area contributed by atoms with Crippen LogP contribution in [0.25, 0.3) is 0 Å². The van der Waals surface area contributed by atoms with Crippen LogP contribution in [0.3, 0.4) is 0 Å². The topological polar surface area (TPSA) is 60.9 Å². The highest BCUT2D eigenvalue weighted by molar-refractivity contribution is 5.14. The van der Waals surface area contributed by atoms with Gasteiger partial charge >= 0.3 is 0 Å². The van der Waals surface area contributed by atoms with E-state index in [-0.39, 0.29) is 11.5 Å². The van der Waals surface area contributed by atoms with Crippen LogP contribution in [-0.2, 0) is 0 Å². The predicted octanol–water partition coefficient (Wildman–Crippen LogP) is 1.28. The van der Waals surface area contributed by atoms with Gasteiger partial charge in [-0.3, -0.25) is 9.36 Å². The molecule has 1 unspecified atom stereocenters. The van der Waals surface area contributed by atoms with Gasteiger partial charge in [0.2, 0.25) is 0 Å². The molecule has 1 aromatic heterocycles. The fraction of sp³-hybridized carbons (Fsp3) is 0.667. The summed E-state index contributed by atoms with van der Waals surface area (Å²) in [5.41, 5.74) is 6.61. The van der Waals surface area contributed by atoms with E-state index in [9.17, 15) is 4.79 Å². The number of hydrogen-bond donors (Lipinski definition) is 1. The Bertz CT molecular complexity index is 421. The summed E-state index contributed by atoms with van der Waals surface area (Å²) < 4.78 is 1.76. The first-order valence-corrected chi connectivity index (χ1v) is 5.91. The second-order valence-corrected chi connectivity index (χ2v) is 4.88. The largest absolute Gasteiger partial charge is 0.330 e. The molecule has 88 valence electrons. The molecule has 1 saturated carbocycles. The Labute approximate surface area is 95.5 Å². The van der Waals surface area contributed by atoms with Gasteiger partial charge in [-0.2, -0.15) is 0 Å². The lowest BCUT2D eigenvalue weighted by molar-refractivity contribution is 0.493. The Kier molecular flexibility index (Phi) is 3.10. The highest BCUT2D eigenvalue weighted by Gasteiger charge is 2.27. The molecule has 0 spiro atoms. The van der Waals surface area contributed by atoms with Gasteiger partial charge in [-0.1, -0.05) is 13.8 Å². The number of nitrogens with two attached hydrogens (primary N) is 1. The predicted molar refractivity (Wildman–Crippen MR) is 63.4 cm³/mol. The maximum atomic E-state index is 12.2. The summed E-state index contributed by atoms with van der Waals surface area (Å²) in [6.45, 7) is 4.68. The van der Waals surface area contributed by atoms with Gasteiger partial charge in [0.05, 0.1) is 6.33 Å². The first-order chi connectivity index (χ1) is 7.65. The fourth-order valence-corrected chi connectivity index (χ4v) is 2.07. The Morgan fingerprint density at radius 2 is 2.25 bits per heavy atom. The molecule has 2 N–H and O–H groups in total. The van der Waals surface area contributed by atoms with Crippen LogP contribution in [0.4, 0.5) is 0 Å². The molecular weight excluding hydrogens is 202 g/mol. The molecular formula is C12H19N3O. The van der Waals surface area contributed by atoms with E-state index in [1.807, 2.05) is 0 Å². The van der Waals surface area contributed by atoms with Gasteiger partial charge in [-0.05, 0) is 25.3 Å². The van der Waals surface area contributed by atoms with Gasteiger partial charge < -0.3 is 5.73 Å². The minimum absolute atomic E-state index is 0.0988. The second-order valence-electron chi connectivity index (χ2n) is 4.88. The molecule has 1 aromatic rings. The molecule has 0 radical (unpaired) electrons. The van der Waals surface area contributed by atoms with Gasteiger partial charge in [-0.25, -0.2) is 4.98 Å². The summed E-state index contributed by atoms with van der Waals surface area (Å²) in [4.78, 5) is 16.4. The van der Waals surface area contributed by atoms with Crippen LogP contribution in [0, 0.1) is 5.92 Å². The molecule has 0 amide bonds. The SMILES string of the molecule is CC(C)C(CN)c1cncn(C2CC2)c1=O. The Morgan fingerprint density at radius 1 is 1.56 bits per heavy atom. The summed E-state index contributed by atoms with van der Waals surface area (Å²) in [5.74, 6) is 0.487. The lowest BCUT2D eigenvalue weighted by Gasteiger charge is -2.18. The Morgan fingerprint density at radius 3 is 2.75 bits per heavy atom. The summed E-state index contributed by atoms with van der Waals surface area (Å²) >= 11 is 0. The highest BCUT2D eigenvalue weighted by Crippen LogP contribution is 2.33. The smallest absolute Gasteiger partial charge is 0.257 e. The summed E-state index contributed by atoms with van der Waals surface area (Å²) in [7, 11) is 0. The van der Waals surface area contributed by atoms with Crippen LogP contribution in [0.15, 0.2) is 17.3 Å². The fourth-order valence-electron chi connectivity index (χ4n) is 2.07. The van der Waals surface area contributed by atoms with E-state index in [0.29, 0.717) is 18.5 Å². The van der Waals surface area contributed by atoms with E-state index in [0.717, 1.165) is 18.4 Å². The summed E-state index contributed by atoms with van der Waals surface area (Å²) in [5, 5.41) is 0. The average molecular weight is 221 g/mol. The van der Waals surface area contributed by atoms with E-state index in [2.05, 4.69) is 18.8 Å². The van der Waals surface area contributed by atoms with Crippen LogP contribution < -0.4 is 11.3 Å². The molecule has 4 nitrogen and oxygen atoms in total. The van der Waals surface area contributed by atoms with E-state index in [4.69, 9.17) is 5.73 Å². The highest BCUT2D eigenvalue weighted by atomic mass is 16.1. The molecule has 1 aliphatic carbocycles. The normalized spacial score (nSPS) is 17.8. The minimum atomic E-state index is 0.0988. The third-order valence-corrected chi connectivity index (χ3v) is 3.28. The minimum Gasteiger partial charge on any atom is -0.330 e. The molecule has 1 heterocycles. The zero-order chi connectivity index (χ0) is 11.7. The zero-order valence-electron chi connectivity index (χ0n) is 9.89. The summed E-state index contributed by atoms with van der Waals surface area (Å²) in [6.07, 6.45) is 5.52. The van der Waals surface area contributed by atoms with Crippen molar-refractivity contribution in [3.63, 3.8) is 0 Å². The Balaban J connectivity index is 2.40. The van der Waals surface area contributed by atoms with Crippen molar-refractivity contribution in [2.24, 2.45) is 11.7 Å². The number of hydrogen-bond acceptors (Lipinski definition) is 3. The van der Waals surface area contributed by atoms with Crippen molar-refractivity contribution in [2.45, 2.75) is 38.6 Å². The maximum absolute atomic E-state index is 12.2. The first-order valence-electron chi connectivity index (χ1n) is 5.91. The standard InChI is InChI=1S/C12H19N3O/c1-8(2)10(5-13)11-6-14-7-15(12(11)16)9-3-4-9/h6-10H,3-5,13H2,1-2H3. The van der Waals surface area contributed by atoms with E-state index in [1.165, 1.54) is 0 Å². The van der Waals surface area contributed by atoms with Gasteiger partial charge in [0, 0.05) is 23.7 Å². The number of aromatic nitrogens is 2. The van der Waals surface area contributed by atoms with E-state index < -0.39 is 0 Å². The van der Waals surface area contributed by atoms with Crippen molar-refractivity contribution in [1.82, 2.24) is 9.55 Å². The molecule has 0 bridgehead atoms. The van der Waals surface area contributed by atoms with Gasteiger partial charge in [0.25, 0.3) is 5.56 Å². The molecule has 1 atom stereocenters. The van der Waals surface area contributed by atoms with Crippen molar-refractivity contribution in [3.05, 3.63) is 28.4 Å². The van der Waals surface area contributed by atoms with Crippen LogP contribution in [0.5, 0.6) is 0 Å². The molecule has 0 aromatic carbocycles. The van der Waals surface area contributed by atoms with Crippen molar-refractivity contribution in [3.8, 4) is 0 Å². The van der Waals surface area contributed by atoms with Crippen molar-refractivity contribution in [1.29, 1.82) is 0 Å². The Hall–Kier alpha value is -1.16. The lowest BCUT2D eigenvalue weighted by Crippen LogP contribution is -2.30. The van der Waals surface area contributed by atoms with Crippen molar-refractivity contribution >= 4 is 0 Å². The average Bonchev–Trinajstić information content (AvgIpc) is 3.04. The molecule has 0 saturated heterocycles. The van der Waals surface area contributed by atoms with Crippen LogP contribution in [0.1, 0.15) is 44.2 Å². The van der Waals surface area contributed by atoms with Crippen LogP contribution in [-0.4, -0.2) is 16.1 Å². The van der Waals surface area contributed by atoms with E-state index in [1.54, 1.807) is 17.1 Å². The third-order valence-electron chi connectivity index (χ3n) is 3.28.